The molecule has 0 spiro atoms. The number of anilines is 1. The summed E-state index contributed by atoms with van der Waals surface area (Å²) in [6, 6.07) is 5.40. The minimum absolute atomic E-state index is 0.0860. The van der Waals surface area contributed by atoms with Gasteiger partial charge in [0, 0.05) is 5.54 Å². The predicted molar refractivity (Wildman–Crippen MR) is 87.5 cm³/mol. The number of nitrogens with one attached hydrogen (secondary N) is 2. The summed E-state index contributed by atoms with van der Waals surface area (Å²) >= 11 is 0. The highest BCUT2D eigenvalue weighted by Gasteiger charge is 2.37. The van der Waals surface area contributed by atoms with E-state index >= 15 is 0 Å². The smallest absolute Gasteiger partial charge is 0.303 e. The highest BCUT2D eigenvalue weighted by Crippen LogP contribution is 2.28. The molecule has 1 aromatic rings. The van der Waals surface area contributed by atoms with Crippen LogP contribution in [0.5, 0.6) is 0 Å². The predicted octanol–water partition coefficient (Wildman–Crippen LogP) is -0.0888. The lowest BCUT2D eigenvalue weighted by Crippen LogP contribution is -3.12. The fraction of sp³-hybridized carbons (Fsp3) is 0.471. The van der Waals surface area contributed by atoms with Crippen LogP contribution in [0, 0.1) is 6.92 Å². The number of benzene rings is 1. The summed E-state index contributed by atoms with van der Waals surface area (Å²) in [5.41, 5.74) is 1.72. The first kappa shape index (κ1) is 17.1. The summed E-state index contributed by atoms with van der Waals surface area (Å²) in [4.78, 5) is 38.5. The maximum Gasteiger partial charge on any atom is 0.303 e. The molecule has 0 saturated heterocycles. The van der Waals surface area contributed by atoms with Crippen LogP contribution in [0.2, 0.25) is 0 Å². The Kier molecular flexibility index (Phi) is 4.56. The van der Waals surface area contributed by atoms with Gasteiger partial charge >= 0.3 is 5.91 Å². The summed E-state index contributed by atoms with van der Waals surface area (Å²) in [6.07, 6.45) is 0. The van der Waals surface area contributed by atoms with E-state index in [9.17, 15) is 14.4 Å². The number of aryl methyl sites for hydroxylation is 1. The van der Waals surface area contributed by atoms with Crippen molar-refractivity contribution in [1.82, 2.24) is 5.32 Å². The number of quaternary nitrogens is 1. The normalized spacial score (nSPS) is 15.6. The van der Waals surface area contributed by atoms with E-state index < -0.39 is 11.7 Å². The Morgan fingerprint density at radius 1 is 1.26 bits per heavy atom. The monoisotopic (exact) mass is 318 g/mol. The average Bonchev–Trinajstić information content (AvgIpc) is 2.61. The van der Waals surface area contributed by atoms with E-state index in [-0.39, 0.29) is 24.7 Å². The molecule has 1 unspecified atom stereocenters. The van der Waals surface area contributed by atoms with Gasteiger partial charge in [-0.15, -0.1) is 0 Å². The number of Topliss-reactive ketones (excluding diaryl/α,β-unsaturated/α-hetero) is 1. The van der Waals surface area contributed by atoms with Crippen LogP contribution < -0.4 is 15.1 Å². The Bertz CT molecular complexity index is 662. The number of amides is 2. The van der Waals surface area contributed by atoms with Crippen molar-refractivity contribution in [3.63, 3.8) is 0 Å². The standard InChI is InChI=1S/C17H23N3O3/c1-11-6-7-13-12(8-11)15(22)16(23)20(13)10-19(5)9-14(21)18-17(2,3)4/h6-8H,9-10H2,1-5H3,(H,18,21)/p+1. The molecule has 1 atom stereocenters. The third kappa shape index (κ3) is 3.96. The molecule has 6 nitrogen and oxygen atoms in total. The summed E-state index contributed by atoms with van der Waals surface area (Å²) in [6.45, 7) is 8.15. The van der Waals surface area contributed by atoms with Crippen molar-refractivity contribution >= 4 is 23.3 Å². The number of rotatable bonds is 4. The van der Waals surface area contributed by atoms with E-state index in [0.717, 1.165) is 10.5 Å². The highest BCUT2D eigenvalue weighted by molar-refractivity contribution is 6.52. The molecule has 2 N–H and O–H groups in total. The molecule has 0 aliphatic carbocycles. The molecule has 0 saturated carbocycles. The summed E-state index contributed by atoms with van der Waals surface area (Å²) < 4.78 is 0. The van der Waals surface area contributed by atoms with Crippen molar-refractivity contribution in [2.45, 2.75) is 33.2 Å². The minimum Gasteiger partial charge on any atom is -0.347 e. The molecule has 2 amide bonds. The van der Waals surface area contributed by atoms with Crippen LogP contribution in [-0.4, -0.2) is 43.4 Å². The zero-order valence-electron chi connectivity index (χ0n) is 14.3. The average molecular weight is 318 g/mol. The minimum atomic E-state index is -0.527. The fourth-order valence-electron chi connectivity index (χ4n) is 2.63. The number of carbonyl (C=O) groups excluding carboxylic acids is 3. The number of carbonyl (C=O) groups is 3. The molecule has 0 radical (unpaired) electrons. The first-order chi connectivity index (χ1) is 10.6. The van der Waals surface area contributed by atoms with Gasteiger partial charge in [-0.2, -0.15) is 0 Å². The Balaban J connectivity index is 2.07. The van der Waals surface area contributed by atoms with Crippen LogP contribution in [-0.2, 0) is 9.59 Å². The quantitative estimate of drug-likeness (QED) is 0.762. The molecule has 1 aliphatic rings. The van der Waals surface area contributed by atoms with Gasteiger partial charge in [-0.05, 0) is 39.8 Å². The van der Waals surface area contributed by atoms with Crippen LogP contribution in [0.25, 0.3) is 0 Å². The second-order valence-corrected chi connectivity index (χ2v) is 7.17. The second kappa shape index (κ2) is 6.12. The van der Waals surface area contributed by atoms with Gasteiger partial charge in [0.2, 0.25) is 0 Å². The third-order valence-electron chi connectivity index (χ3n) is 3.53. The molecule has 23 heavy (non-hydrogen) atoms. The molecule has 2 rings (SSSR count). The van der Waals surface area contributed by atoms with Gasteiger partial charge in [-0.3, -0.25) is 19.3 Å². The van der Waals surface area contributed by atoms with Crippen molar-refractivity contribution in [3.05, 3.63) is 29.3 Å². The number of fused-ring (bicyclic) bond motifs is 1. The molecule has 1 aliphatic heterocycles. The van der Waals surface area contributed by atoms with Crippen molar-refractivity contribution in [3.8, 4) is 0 Å². The maximum atomic E-state index is 12.2. The fourth-order valence-corrected chi connectivity index (χ4v) is 2.63. The van der Waals surface area contributed by atoms with Gasteiger partial charge in [0.15, 0.2) is 13.2 Å². The first-order valence-electron chi connectivity index (χ1n) is 7.67. The second-order valence-electron chi connectivity index (χ2n) is 7.17. The van der Waals surface area contributed by atoms with Gasteiger partial charge in [0.1, 0.15) is 0 Å². The lowest BCUT2D eigenvalue weighted by molar-refractivity contribution is -0.869. The van der Waals surface area contributed by atoms with Crippen molar-refractivity contribution in [2.24, 2.45) is 0 Å². The van der Waals surface area contributed by atoms with Gasteiger partial charge in [0.05, 0.1) is 18.3 Å². The number of ketones is 1. The van der Waals surface area contributed by atoms with Crippen LogP contribution in [0.4, 0.5) is 5.69 Å². The molecule has 6 heteroatoms. The zero-order chi connectivity index (χ0) is 17.4. The first-order valence-corrected chi connectivity index (χ1v) is 7.67. The lowest BCUT2D eigenvalue weighted by atomic mass is 10.1. The molecule has 1 heterocycles. The number of nitrogens with zero attached hydrogens (tertiary/aromatic N) is 1. The van der Waals surface area contributed by atoms with Crippen LogP contribution in [0.3, 0.4) is 0 Å². The molecule has 0 bridgehead atoms. The van der Waals surface area contributed by atoms with Crippen LogP contribution in [0.1, 0.15) is 36.7 Å². The molecule has 0 aromatic heterocycles. The van der Waals surface area contributed by atoms with E-state index in [0.29, 0.717) is 11.3 Å². The number of likely N-dealkylation sites (N-methyl/N-ethyl adjacent to an activating group) is 1. The van der Waals surface area contributed by atoms with Gasteiger partial charge in [-0.25, -0.2) is 0 Å². The van der Waals surface area contributed by atoms with E-state index in [1.54, 1.807) is 12.1 Å². The van der Waals surface area contributed by atoms with Crippen LogP contribution >= 0.6 is 0 Å². The van der Waals surface area contributed by atoms with Gasteiger partial charge in [-0.1, -0.05) is 11.6 Å². The Labute approximate surface area is 136 Å². The molecule has 124 valence electrons. The van der Waals surface area contributed by atoms with Crippen molar-refractivity contribution in [1.29, 1.82) is 0 Å². The van der Waals surface area contributed by atoms with E-state index in [4.69, 9.17) is 0 Å². The van der Waals surface area contributed by atoms with Crippen molar-refractivity contribution in [2.75, 3.05) is 25.2 Å². The zero-order valence-corrected chi connectivity index (χ0v) is 14.3. The highest BCUT2D eigenvalue weighted by atomic mass is 16.2. The van der Waals surface area contributed by atoms with Gasteiger partial charge < -0.3 is 10.2 Å². The number of hydrogen-bond donors (Lipinski definition) is 2. The lowest BCUT2D eigenvalue weighted by Gasteiger charge is -2.24. The SMILES string of the molecule is Cc1ccc2c(c1)C(=O)C(=O)N2C[NH+](C)CC(=O)NC(C)(C)C. The van der Waals surface area contributed by atoms with E-state index in [1.165, 1.54) is 4.90 Å². The maximum absolute atomic E-state index is 12.2. The summed E-state index contributed by atoms with van der Waals surface area (Å²) in [7, 11) is 1.83. The van der Waals surface area contributed by atoms with E-state index in [1.807, 2.05) is 40.8 Å². The summed E-state index contributed by atoms with van der Waals surface area (Å²) in [5, 5.41) is 2.89. The Morgan fingerprint density at radius 2 is 1.91 bits per heavy atom. The third-order valence-corrected chi connectivity index (χ3v) is 3.53. The van der Waals surface area contributed by atoms with Crippen molar-refractivity contribution < 1.29 is 19.3 Å². The van der Waals surface area contributed by atoms with Crippen LogP contribution in [0.15, 0.2) is 18.2 Å². The molecule has 0 fully saturated rings. The molecular weight excluding hydrogens is 294 g/mol. The molecular formula is C17H24N3O3+. The Morgan fingerprint density at radius 3 is 2.52 bits per heavy atom. The van der Waals surface area contributed by atoms with Gasteiger partial charge in [0.25, 0.3) is 11.7 Å². The Hall–Kier alpha value is -2.21. The topological polar surface area (TPSA) is 70.9 Å². The molecule has 1 aromatic carbocycles. The largest absolute Gasteiger partial charge is 0.347 e. The number of hydrogen-bond acceptors (Lipinski definition) is 3. The van der Waals surface area contributed by atoms with E-state index in [2.05, 4.69) is 5.32 Å². The summed E-state index contributed by atoms with van der Waals surface area (Å²) in [5.74, 6) is -1.09.